The average Bonchev–Trinajstić information content (AvgIpc) is 3.35. The number of aryl methyl sites for hydroxylation is 1. The lowest BCUT2D eigenvalue weighted by Gasteiger charge is -2.35. The molecule has 2 aliphatic rings. The van der Waals surface area contributed by atoms with Gasteiger partial charge in [-0.05, 0) is 37.3 Å². The molecule has 1 aromatic carbocycles. The Kier molecular flexibility index (Phi) is 4.31. The number of hydrogen-bond acceptors (Lipinski definition) is 7. The van der Waals surface area contributed by atoms with Crippen molar-refractivity contribution in [2.45, 2.75) is 25.7 Å². The molecule has 6 rings (SSSR count). The molecule has 0 bridgehead atoms. The van der Waals surface area contributed by atoms with Crippen LogP contribution in [0, 0.1) is 5.92 Å². The molecule has 1 atom stereocenters. The van der Waals surface area contributed by atoms with Crippen LogP contribution in [-0.4, -0.2) is 51.2 Å². The number of fused-ring (bicyclic) bond motifs is 4. The first-order chi connectivity index (χ1) is 15.2. The molecule has 2 N–H and O–H groups in total. The number of methoxy groups -OCH3 is 1. The van der Waals surface area contributed by atoms with Crippen LogP contribution in [0.4, 0.5) is 11.5 Å². The van der Waals surface area contributed by atoms with Crippen molar-refractivity contribution in [2.24, 2.45) is 5.92 Å². The van der Waals surface area contributed by atoms with Gasteiger partial charge in [0.1, 0.15) is 22.7 Å². The second kappa shape index (κ2) is 7.19. The van der Waals surface area contributed by atoms with Crippen molar-refractivity contribution in [3.8, 4) is 5.75 Å². The fourth-order valence-electron chi connectivity index (χ4n) is 4.58. The van der Waals surface area contributed by atoms with Gasteiger partial charge < -0.3 is 15.0 Å². The van der Waals surface area contributed by atoms with E-state index in [0.717, 1.165) is 71.4 Å². The van der Waals surface area contributed by atoms with Crippen LogP contribution in [0.3, 0.4) is 0 Å². The number of hydrogen-bond donors (Lipinski definition) is 2. The molecule has 3 aromatic heterocycles. The summed E-state index contributed by atoms with van der Waals surface area (Å²) in [5.41, 5.74) is 3.03. The Morgan fingerprint density at radius 3 is 3.03 bits per heavy atom. The first kappa shape index (κ1) is 18.6. The summed E-state index contributed by atoms with van der Waals surface area (Å²) in [4.78, 5) is 26.0. The van der Waals surface area contributed by atoms with Gasteiger partial charge in [-0.25, -0.2) is 9.97 Å². The van der Waals surface area contributed by atoms with E-state index in [-0.39, 0.29) is 5.92 Å². The molecule has 0 spiro atoms. The minimum atomic E-state index is 0.0915. The third kappa shape index (κ3) is 3.03. The van der Waals surface area contributed by atoms with E-state index in [9.17, 15) is 4.79 Å². The lowest BCUT2D eigenvalue weighted by Crippen LogP contribution is -2.46. The van der Waals surface area contributed by atoms with Crippen molar-refractivity contribution >= 4 is 49.9 Å². The molecule has 8 nitrogen and oxygen atoms in total. The number of H-pyrrole nitrogens is 1. The monoisotopic (exact) mass is 434 g/mol. The lowest BCUT2D eigenvalue weighted by molar-refractivity contribution is -0.139. The van der Waals surface area contributed by atoms with Crippen LogP contribution in [0.2, 0.25) is 0 Å². The number of rotatable bonds is 4. The fourth-order valence-corrected chi connectivity index (χ4v) is 5.84. The number of benzene rings is 1. The topological polar surface area (TPSA) is 96.0 Å². The van der Waals surface area contributed by atoms with Gasteiger partial charge in [-0.15, -0.1) is 11.3 Å². The number of aromatic nitrogens is 4. The van der Waals surface area contributed by atoms with Crippen molar-refractivity contribution < 1.29 is 9.53 Å². The number of anilines is 2. The third-order valence-electron chi connectivity index (χ3n) is 6.38. The normalized spacial score (nSPS) is 18.1. The Bertz CT molecular complexity index is 1310. The number of carbonyl (C=O) groups excluding carboxylic acids is 1. The van der Waals surface area contributed by atoms with Crippen LogP contribution in [0.15, 0.2) is 24.7 Å². The van der Waals surface area contributed by atoms with Gasteiger partial charge in [0, 0.05) is 35.3 Å². The van der Waals surface area contributed by atoms with E-state index >= 15 is 0 Å². The minimum absolute atomic E-state index is 0.0915. The Balaban J connectivity index is 1.37. The van der Waals surface area contributed by atoms with E-state index in [1.165, 1.54) is 10.4 Å². The van der Waals surface area contributed by atoms with E-state index in [4.69, 9.17) is 4.74 Å². The molecule has 31 heavy (non-hydrogen) atoms. The average molecular weight is 435 g/mol. The van der Waals surface area contributed by atoms with Crippen molar-refractivity contribution in [1.82, 2.24) is 25.1 Å². The SMILES string of the molecule is COc1cc2[nH]ncc2cc1Nc1ncnc2sc3c(c12)CCC(C(=O)N1CCC1)C3. The third-order valence-corrected chi connectivity index (χ3v) is 7.54. The Hall–Kier alpha value is -3.20. The largest absolute Gasteiger partial charge is 0.494 e. The highest BCUT2D eigenvalue weighted by atomic mass is 32.1. The van der Waals surface area contributed by atoms with Crippen LogP contribution >= 0.6 is 11.3 Å². The second-order valence-corrected chi connectivity index (χ2v) is 9.24. The number of nitrogens with zero attached hydrogens (tertiary/aromatic N) is 4. The second-order valence-electron chi connectivity index (χ2n) is 8.16. The van der Waals surface area contributed by atoms with Crippen molar-refractivity contribution in [3.05, 3.63) is 35.1 Å². The van der Waals surface area contributed by atoms with E-state index in [1.54, 1.807) is 31.0 Å². The van der Waals surface area contributed by atoms with E-state index in [2.05, 4.69) is 25.5 Å². The van der Waals surface area contributed by atoms with Crippen molar-refractivity contribution in [3.63, 3.8) is 0 Å². The molecule has 1 fully saturated rings. The standard InChI is InChI=1S/C22H22N6O2S/c1-30-17-9-15-13(10-25-27-15)7-16(17)26-20-19-14-4-3-12(22(29)28-5-2-6-28)8-18(14)31-21(19)24-11-23-20/h7,9-12H,2-6,8H2,1H3,(H,25,27)(H,23,24,26). The number of aromatic amines is 1. The van der Waals surface area contributed by atoms with E-state index < -0.39 is 0 Å². The van der Waals surface area contributed by atoms with Crippen LogP contribution in [0.5, 0.6) is 5.75 Å². The molecule has 4 aromatic rings. The highest BCUT2D eigenvalue weighted by Gasteiger charge is 2.33. The quantitative estimate of drug-likeness (QED) is 0.509. The number of amides is 1. The molecule has 1 amide bonds. The summed E-state index contributed by atoms with van der Waals surface area (Å²) in [6, 6.07) is 3.93. The molecule has 4 heterocycles. The highest BCUT2D eigenvalue weighted by molar-refractivity contribution is 7.19. The number of thiophene rings is 1. The van der Waals surface area contributed by atoms with Crippen LogP contribution in [-0.2, 0) is 17.6 Å². The molecule has 9 heteroatoms. The van der Waals surface area contributed by atoms with Gasteiger partial charge in [-0.3, -0.25) is 9.89 Å². The molecular weight excluding hydrogens is 412 g/mol. The Morgan fingerprint density at radius 2 is 2.23 bits per heavy atom. The number of likely N-dealkylation sites (tertiary alicyclic amines) is 1. The summed E-state index contributed by atoms with van der Waals surface area (Å²) < 4.78 is 5.59. The number of nitrogens with one attached hydrogen (secondary N) is 2. The number of ether oxygens (including phenoxy) is 1. The van der Waals surface area contributed by atoms with E-state index in [0.29, 0.717) is 11.7 Å². The minimum Gasteiger partial charge on any atom is -0.494 e. The summed E-state index contributed by atoms with van der Waals surface area (Å²) in [6.07, 6.45) is 7.07. The summed E-state index contributed by atoms with van der Waals surface area (Å²) >= 11 is 1.69. The number of carbonyl (C=O) groups is 1. The zero-order chi connectivity index (χ0) is 20.9. The lowest BCUT2D eigenvalue weighted by atomic mass is 9.86. The first-order valence-electron chi connectivity index (χ1n) is 10.5. The summed E-state index contributed by atoms with van der Waals surface area (Å²) in [5.74, 6) is 1.90. The van der Waals surface area contributed by atoms with Gasteiger partial charge in [0.25, 0.3) is 0 Å². The predicted molar refractivity (Wildman–Crippen MR) is 120 cm³/mol. The Morgan fingerprint density at radius 1 is 1.32 bits per heavy atom. The maximum atomic E-state index is 12.7. The van der Waals surface area contributed by atoms with Gasteiger partial charge in [-0.2, -0.15) is 5.10 Å². The van der Waals surface area contributed by atoms with E-state index in [1.807, 2.05) is 17.0 Å². The maximum Gasteiger partial charge on any atom is 0.226 e. The molecule has 0 saturated carbocycles. The Labute approximate surface area is 182 Å². The summed E-state index contributed by atoms with van der Waals surface area (Å²) in [5, 5.41) is 12.6. The summed E-state index contributed by atoms with van der Waals surface area (Å²) in [7, 11) is 1.65. The molecule has 1 unspecified atom stereocenters. The smallest absolute Gasteiger partial charge is 0.226 e. The van der Waals surface area contributed by atoms with Gasteiger partial charge in [-0.1, -0.05) is 0 Å². The maximum absolute atomic E-state index is 12.7. The van der Waals surface area contributed by atoms with Gasteiger partial charge in [0.05, 0.1) is 29.9 Å². The molecule has 1 saturated heterocycles. The zero-order valence-electron chi connectivity index (χ0n) is 17.1. The molecule has 0 radical (unpaired) electrons. The predicted octanol–water partition coefficient (Wildman–Crippen LogP) is 3.66. The fraction of sp³-hybridized carbons (Fsp3) is 0.364. The van der Waals surface area contributed by atoms with Gasteiger partial charge >= 0.3 is 0 Å². The van der Waals surface area contributed by atoms with Crippen LogP contribution < -0.4 is 10.1 Å². The van der Waals surface area contributed by atoms with Crippen LogP contribution in [0.1, 0.15) is 23.3 Å². The van der Waals surface area contributed by atoms with Gasteiger partial charge in [0.15, 0.2) is 0 Å². The molecule has 1 aliphatic carbocycles. The summed E-state index contributed by atoms with van der Waals surface area (Å²) in [6.45, 7) is 1.83. The first-order valence-corrected chi connectivity index (χ1v) is 11.3. The van der Waals surface area contributed by atoms with Crippen LogP contribution in [0.25, 0.3) is 21.1 Å². The molecule has 1 aliphatic heterocycles. The van der Waals surface area contributed by atoms with Crippen molar-refractivity contribution in [1.29, 1.82) is 0 Å². The zero-order valence-corrected chi connectivity index (χ0v) is 18.0. The molecular formula is C22H22N6O2S. The molecule has 158 valence electrons. The van der Waals surface area contributed by atoms with Crippen molar-refractivity contribution in [2.75, 3.05) is 25.5 Å². The van der Waals surface area contributed by atoms with Gasteiger partial charge in [0.2, 0.25) is 5.91 Å². The highest BCUT2D eigenvalue weighted by Crippen LogP contribution is 2.42.